The first-order valence-corrected chi connectivity index (χ1v) is 6.14. The molecule has 1 aliphatic rings. The minimum atomic E-state index is 0.264. The fourth-order valence-electron chi connectivity index (χ4n) is 2.40. The molecule has 2 rings (SSSR count). The van der Waals surface area contributed by atoms with Crippen molar-refractivity contribution in [3.05, 3.63) is 30.3 Å². The number of carbonyl (C=O) groups excluding carboxylic acids is 1. The summed E-state index contributed by atoms with van der Waals surface area (Å²) < 4.78 is 0. The van der Waals surface area contributed by atoms with Crippen molar-refractivity contribution in [1.82, 2.24) is 0 Å². The Balaban J connectivity index is 2.03. The van der Waals surface area contributed by atoms with E-state index in [1.165, 1.54) is 5.69 Å². The zero-order valence-corrected chi connectivity index (χ0v) is 9.86. The van der Waals surface area contributed by atoms with Crippen LogP contribution >= 0.6 is 0 Å². The molecule has 86 valence electrons. The second kappa shape index (κ2) is 5.15. The van der Waals surface area contributed by atoms with Gasteiger partial charge in [0.05, 0.1) is 0 Å². The van der Waals surface area contributed by atoms with Gasteiger partial charge in [-0.3, -0.25) is 4.79 Å². The smallest absolute Gasteiger partial charge is 0.137 e. The average molecular weight is 217 g/mol. The summed E-state index contributed by atoms with van der Waals surface area (Å²) >= 11 is 0. The lowest BCUT2D eigenvalue weighted by molar-refractivity contribution is -0.120. The Bertz CT molecular complexity index is 347. The normalized spacial score (nSPS) is 20.1. The van der Waals surface area contributed by atoms with Crippen LogP contribution in [0.3, 0.4) is 0 Å². The largest absolute Gasteiger partial charge is 0.371 e. The van der Waals surface area contributed by atoms with Crippen molar-refractivity contribution in [3.63, 3.8) is 0 Å². The van der Waals surface area contributed by atoms with Crippen LogP contribution in [0, 0.1) is 5.92 Å². The van der Waals surface area contributed by atoms with Gasteiger partial charge in [-0.15, -0.1) is 0 Å². The summed E-state index contributed by atoms with van der Waals surface area (Å²) in [6.07, 6.45) is 2.94. The number of hydrogen-bond donors (Lipinski definition) is 0. The summed E-state index contributed by atoms with van der Waals surface area (Å²) in [6.45, 7) is 4.00. The van der Waals surface area contributed by atoms with Crippen LogP contribution in [0.4, 0.5) is 5.69 Å². The van der Waals surface area contributed by atoms with E-state index in [2.05, 4.69) is 36.1 Å². The Morgan fingerprint density at radius 2 is 2.06 bits per heavy atom. The first-order chi connectivity index (χ1) is 7.81. The Hall–Kier alpha value is -1.31. The van der Waals surface area contributed by atoms with Gasteiger partial charge in [0.15, 0.2) is 0 Å². The van der Waals surface area contributed by atoms with Crippen molar-refractivity contribution >= 4 is 11.5 Å². The molecule has 0 spiro atoms. The maximum absolute atomic E-state index is 11.6. The molecule has 0 aliphatic heterocycles. The predicted molar refractivity (Wildman–Crippen MR) is 66.7 cm³/mol. The van der Waals surface area contributed by atoms with Gasteiger partial charge in [0.1, 0.15) is 5.78 Å². The molecule has 0 aromatic heterocycles. The second-order valence-electron chi connectivity index (χ2n) is 4.43. The third-order valence-electron chi connectivity index (χ3n) is 3.37. The van der Waals surface area contributed by atoms with Crippen LogP contribution in [-0.4, -0.2) is 18.9 Å². The predicted octanol–water partition coefficient (Wildman–Crippen LogP) is 2.88. The minimum Gasteiger partial charge on any atom is -0.371 e. The van der Waals surface area contributed by atoms with Crippen LogP contribution in [0.25, 0.3) is 0 Å². The molecule has 1 fully saturated rings. The van der Waals surface area contributed by atoms with Crippen molar-refractivity contribution in [2.45, 2.75) is 26.2 Å². The molecule has 2 heteroatoms. The molecule has 0 heterocycles. The molecule has 0 bridgehead atoms. The highest BCUT2D eigenvalue weighted by Gasteiger charge is 2.25. The summed E-state index contributed by atoms with van der Waals surface area (Å²) in [5.41, 5.74) is 1.23. The number of rotatable bonds is 4. The highest BCUT2D eigenvalue weighted by Crippen LogP contribution is 2.24. The molecular formula is C14H19NO. The number of hydrogen-bond acceptors (Lipinski definition) is 2. The van der Waals surface area contributed by atoms with Crippen LogP contribution in [-0.2, 0) is 4.79 Å². The van der Waals surface area contributed by atoms with Gasteiger partial charge in [-0.25, -0.2) is 0 Å². The summed E-state index contributed by atoms with van der Waals surface area (Å²) in [4.78, 5) is 13.9. The van der Waals surface area contributed by atoms with Gasteiger partial charge in [-0.05, 0) is 31.9 Å². The second-order valence-corrected chi connectivity index (χ2v) is 4.43. The van der Waals surface area contributed by atoms with Crippen molar-refractivity contribution < 1.29 is 4.79 Å². The monoisotopic (exact) mass is 217 g/mol. The van der Waals surface area contributed by atoms with Crippen LogP contribution in [0.1, 0.15) is 26.2 Å². The number of anilines is 1. The maximum Gasteiger partial charge on any atom is 0.137 e. The highest BCUT2D eigenvalue weighted by atomic mass is 16.1. The maximum atomic E-state index is 11.6. The van der Waals surface area contributed by atoms with E-state index in [1.54, 1.807) is 0 Å². The van der Waals surface area contributed by atoms with E-state index >= 15 is 0 Å². The van der Waals surface area contributed by atoms with Crippen molar-refractivity contribution in [2.75, 3.05) is 18.0 Å². The van der Waals surface area contributed by atoms with Crippen molar-refractivity contribution in [3.8, 4) is 0 Å². The van der Waals surface area contributed by atoms with E-state index in [-0.39, 0.29) is 5.92 Å². The van der Waals surface area contributed by atoms with E-state index in [0.717, 1.165) is 32.4 Å². The SMILES string of the molecule is CCN(CC1CCCC1=O)c1ccccc1. The number of nitrogens with zero attached hydrogens (tertiary/aromatic N) is 1. The number of ketones is 1. The average Bonchev–Trinajstić information content (AvgIpc) is 2.73. The van der Waals surface area contributed by atoms with Crippen LogP contribution < -0.4 is 4.90 Å². The fourth-order valence-corrected chi connectivity index (χ4v) is 2.40. The molecular weight excluding hydrogens is 198 g/mol. The van der Waals surface area contributed by atoms with E-state index < -0.39 is 0 Å². The number of Topliss-reactive ketones (excluding diaryl/α,β-unsaturated/α-hetero) is 1. The van der Waals surface area contributed by atoms with Crippen molar-refractivity contribution in [2.24, 2.45) is 5.92 Å². The van der Waals surface area contributed by atoms with Gasteiger partial charge in [-0.1, -0.05) is 18.2 Å². The standard InChI is InChI=1S/C14H19NO/c1-2-15(13-8-4-3-5-9-13)11-12-7-6-10-14(12)16/h3-5,8-9,12H,2,6-7,10-11H2,1H3. The summed E-state index contributed by atoms with van der Waals surface area (Å²) in [6, 6.07) is 10.4. The number of carbonyl (C=O) groups is 1. The third kappa shape index (κ3) is 2.43. The number of para-hydroxylation sites is 1. The molecule has 1 saturated carbocycles. The Kier molecular flexibility index (Phi) is 3.60. The fraction of sp³-hybridized carbons (Fsp3) is 0.500. The van der Waals surface area contributed by atoms with Gasteiger partial charge >= 0.3 is 0 Å². The zero-order valence-electron chi connectivity index (χ0n) is 9.86. The quantitative estimate of drug-likeness (QED) is 0.773. The van der Waals surface area contributed by atoms with Crippen LogP contribution in [0.5, 0.6) is 0 Å². The molecule has 1 aromatic rings. The molecule has 2 nitrogen and oxygen atoms in total. The summed E-state index contributed by atoms with van der Waals surface area (Å²) in [5.74, 6) is 0.717. The first-order valence-electron chi connectivity index (χ1n) is 6.14. The van der Waals surface area contributed by atoms with Crippen LogP contribution in [0.2, 0.25) is 0 Å². The highest BCUT2D eigenvalue weighted by molar-refractivity contribution is 5.83. The topological polar surface area (TPSA) is 20.3 Å². The van der Waals surface area contributed by atoms with E-state index in [0.29, 0.717) is 5.78 Å². The molecule has 1 aliphatic carbocycles. The Morgan fingerprint density at radius 3 is 2.62 bits per heavy atom. The molecule has 16 heavy (non-hydrogen) atoms. The van der Waals surface area contributed by atoms with Gasteiger partial charge in [0, 0.05) is 31.1 Å². The van der Waals surface area contributed by atoms with Crippen molar-refractivity contribution in [1.29, 1.82) is 0 Å². The lowest BCUT2D eigenvalue weighted by atomic mass is 10.1. The molecule has 0 saturated heterocycles. The Morgan fingerprint density at radius 1 is 1.31 bits per heavy atom. The van der Waals surface area contributed by atoms with Crippen LogP contribution in [0.15, 0.2) is 30.3 Å². The molecule has 1 atom stereocenters. The molecule has 1 unspecified atom stereocenters. The van der Waals surface area contributed by atoms with E-state index in [1.807, 2.05) is 6.07 Å². The summed E-state index contributed by atoms with van der Waals surface area (Å²) in [7, 11) is 0. The number of benzene rings is 1. The lowest BCUT2D eigenvalue weighted by Gasteiger charge is -2.25. The van der Waals surface area contributed by atoms with Gasteiger partial charge < -0.3 is 4.90 Å². The summed E-state index contributed by atoms with van der Waals surface area (Å²) in [5, 5.41) is 0. The van der Waals surface area contributed by atoms with E-state index in [9.17, 15) is 4.79 Å². The minimum absolute atomic E-state index is 0.264. The molecule has 0 radical (unpaired) electrons. The van der Waals surface area contributed by atoms with Gasteiger partial charge in [-0.2, -0.15) is 0 Å². The lowest BCUT2D eigenvalue weighted by Crippen LogP contribution is -2.30. The Labute approximate surface area is 97.3 Å². The molecule has 1 aromatic carbocycles. The van der Waals surface area contributed by atoms with E-state index in [4.69, 9.17) is 0 Å². The molecule has 0 amide bonds. The molecule has 0 N–H and O–H groups in total. The third-order valence-corrected chi connectivity index (χ3v) is 3.37. The zero-order chi connectivity index (χ0) is 11.4. The van der Waals surface area contributed by atoms with Gasteiger partial charge in [0.2, 0.25) is 0 Å². The first kappa shape index (κ1) is 11.2. The van der Waals surface area contributed by atoms with Gasteiger partial charge in [0.25, 0.3) is 0 Å².